The average Bonchev–Trinajstić information content (AvgIpc) is 2.70. The van der Waals surface area contributed by atoms with Gasteiger partial charge in [0, 0.05) is 24.1 Å². The van der Waals surface area contributed by atoms with Crippen LogP contribution in [-0.4, -0.2) is 29.2 Å². The molecule has 4 unspecified atom stereocenters. The van der Waals surface area contributed by atoms with Gasteiger partial charge < -0.3 is 4.90 Å². The SMILES string of the molecule is C=C(C)C(=O)N(CC)C1CC2C(C(C)=O)CC1(C)C2(C)C. The van der Waals surface area contributed by atoms with Gasteiger partial charge in [0.25, 0.3) is 0 Å². The molecular weight excluding hydrogens is 262 g/mol. The van der Waals surface area contributed by atoms with Crippen LogP contribution in [0.25, 0.3) is 0 Å². The number of ketones is 1. The summed E-state index contributed by atoms with van der Waals surface area (Å²) in [5.41, 5.74) is 0.704. The van der Waals surface area contributed by atoms with E-state index in [9.17, 15) is 9.59 Å². The first kappa shape index (κ1) is 16.3. The Labute approximate surface area is 128 Å². The van der Waals surface area contributed by atoms with Crippen LogP contribution in [0.1, 0.15) is 54.4 Å². The second-order valence-corrected chi connectivity index (χ2v) is 7.79. The van der Waals surface area contributed by atoms with E-state index in [1.54, 1.807) is 13.8 Å². The zero-order chi connectivity index (χ0) is 16.2. The van der Waals surface area contributed by atoms with Gasteiger partial charge in [0.15, 0.2) is 0 Å². The minimum absolute atomic E-state index is 0.00905. The highest BCUT2D eigenvalue weighted by molar-refractivity contribution is 5.92. The number of Topliss-reactive ketones (excluding diaryl/α,β-unsaturated/α-hetero) is 1. The first-order chi connectivity index (χ1) is 9.57. The fourth-order valence-corrected chi connectivity index (χ4v) is 4.96. The van der Waals surface area contributed by atoms with Gasteiger partial charge in [-0.25, -0.2) is 0 Å². The van der Waals surface area contributed by atoms with Crippen molar-refractivity contribution in [3.63, 3.8) is 0 Å². The first-order valence-corrected chi connectivity index (χ1v) is 8.04. The zero-order valence-electron chi connectivity index (χ0n) is 14.3. The number of likely N-dealkylation sites (N-methyl/N-ethyl adjacent to an activating group) is 1. The highest BCUT2D eigenvalue weighted by Gasteiger charge is 2.67. The molecule has 0 N–H and O–H groups in total. The van der Waals surface area contributed by atoms with Crippen molar-refractivity contribution in [1.29, 1.82) is 0 Å². The van der Waals surface area contributed by atoms with Crippen molar-refractivity contribution >= 4 is 11.7 Å². The maximum atomic E-state index is 12.5. The Balaban J connectivity index is 2.37. The van der Waals surface area contributed by atoms with Gasteiger partial charge in [0.05, 0.1) is 0 Å². The fraction of sp³-hybridized carbons (Fsp3) is 0.778. The van der Waals surface area contributed by atoms with Crippen LogP contribution in [0.4, 0.5) is 0 Å². The predicted molar refractivity (Wildman–Crippen MR) is 84.8 cm³/mol. The number of hydrogen-bond donors (Lipinski definition) is 0. The molecule has 3 heteroatoms. The Morgan fingerprint density at radius 3 is 2.14 bits per heavy atom. The highest BCUT2D eigenvalue weighted by atomic mass is 16.2. The largest absolute Gasteiger partial charge is 0.336 e. The second-order valence-electron chi connectivity index (χ2n) is 7.79. The minimum atomic E-state index is 0.00905. The molecule has 0 aromatic rings. The molecule has 21 heavy (non-hydrogen) atoms. The van der Waals surface area contributed by atoms with E-state index < -0.39 is 0 Å². The zero-order valence-corrected chi connectivity index (χ0v) is 14.3. The Hall–Kier alpha value is -1.12. The summed E-state index contributed by atoms with van der Waals surface area (Å²) in [5, 5.41) is 0. The van der Waals surface area contributed by atoms with Gasteiger partial charge in [0.2, 0.25) is 5.91 Å². The van der Waals surface area contributed by atoms with Crippen LogP contribution in [0, 0.1) is 22.7 Å². The normalized spacial score (nSPS) is 36.6. The van der Waals surface area contributed by atoms with Gasteiger partial charge in [0.1, 0.15) is 5.78 Å². The molecule has 1 amide bonds. The summed E-state index contributed by atoms with van der Waals surface area (Å²) in [6.45, 7) is 16.9. The van der Waals surface area contributed by atoms with E-state index in [4.69, 9.17) is 0 Å². The molecular formula is C18H29NO2. The van der Waals surface area contributed by atoms with E-state index in [-0.39, 0.29) is 28.7 Å². The number of fused-ring (bicyclic) bond motifs is 2. The van der Waals surface area contributed by atoms with Crippen LogP contribution in [0.3, 0.4) is 0 Å². The Kier molecular flexibility index (Phi) is 3.84. The lowest BCUT2D eigenvalue weighted by atomic mass is 9.68. The van der Waals surface area contributed by atoms with Crippen molar-refractivity contribution in [3.8, 4) is 0 Å². The molecule has 118 valence electrons. The van der Waals surface area contributed by atoms with Crippen molar-refractivity contribution in [2.24, 2.45) is 22.7 Å². The molecule has 2 saturated carbocycles. The number of carbonyl (C=O) groups excluding carboxylic acids is 2. The molecule has 2 aliphatic rings. The predicted octanol–water partition coefficient (Wildman–Crippen LogP) is 3.44. The first-order valence-electron chi connectivity index (χ1n) is 8.04. The van der Waals surface area contributed by atoms with E-state index in [0.29, 0.717) is 23.8 Å². The van der Waals surface area contributed by atoms with Crippen molar-refractivity contribution < 1.29 is 9.59 Å². The lowest BCUT2D eigenvalue weighted by molar-refractivity contribution is -0.133. The molecule has 3 nitrogen and oxygen atoms in total. The van der Waals surface area contributed by atoms with Crippen molar-refractivity contribution in [2.45, 2.75) is 60.4 Å². The van der Waals surface area contributed by atoms with E-state index in [0.717, 1.165) is 12.8 Å². The van der Waals surface area contributed by atoms with Gasteiger partial charge in [-0.2, -0.15) is 0 Å². The molecule has 0 aromatic carbocycles. The number of hydrogen-bond acceptors (Lipinski definition) is 2. The minimum Gasteiger partial charge on any atom is -0.336 e. The van der Waals surface area contributed by atoms with Crippen molar-refractivity contribution in [1.82, 2.24) is 4.90 Å². The van der Waals surface area contributed by atoms with Crippen molar-refractivity contribution in [2.75, 3.05) is 6.54 Å². The molecule has 2 rings (SSSR count). The maximum absolute atomic E-state index is 12.5. The van der Waals surface area contributed by atoms with Gasteiger partial charge >= 0.3 is 0 Å². The second kappa shape index (κ2) is 4.96. The highest BCUT2D eigenvalue weighted by Crippen LogP contribution is 2.68. The molecule has 0 heterocycles. The van der Waals surface area contributed by atoms with Crippen LogP contribution in [0.15, 0.2) is 12.2 Å². The van der Waals surface area contributed by atoms with Gasteiger partial charge in [-0.05, 0) is 50.4 Å². The number of amides is 1. The monoisotopic (exact) mass is 291 g/mol. The molecule has 0 saturated heterocycles. The Morgan fingerprint density at radius 2 is 1.81 bits per heavy atom. The molecule has 2 fully saturated rings. The lowest BCUT2D eigenvalue weighted by Crippen LogP contribution is -2.50. The topological polar surface area (TPSA) is 37.4 Å². The van der Waals surface area contributed by atoms with E-state index >= 15 is 0 Å². The van der Waals surface area contributed by atoms with Gasteiger partial charge in [-0.15, -0.1) is 0 Å². The number of carbonyl (C=O) groups is 2. The van der Waals surface area contributed by atoms with E-state index in [1.807, 2.05) is 11.8 Å². The smallest absolute Gasteiger partial charge is 0.249 e. The summed E-state index contributed by atoms with van der Waals surface area (Å²) < 4.78 is 0. The van der Waals surface area contributed by atoms with Crippen LogP contribution in [0.5, 0.6) is 0 Å². The third-order valence-electron chi connectivity index (χ3n) is 6.61. The van der Waals surface area contributed by atoms with Crippen molar-refractivity contribution in [3.05, 3.63) is 12.2 Å². The number of nitrogens with zero attached hydrogens (tertiary/aromatic N) is 1. The Bertz CT molecular complexity index is 493. The van der Waals surface area contributed by atoms with E-state index in [1.165, 1.54) is 0 Å². The average molecular weight is 291 g/mol. The standard InChI is InChI=1S/C18H29NO2/c1-8-19(16(21)11(2)3)15-9-14-13(12(4)20)10-18(15,7)17(14,5)6/h13-15H,2,8-10H2,1,3-7H3. The summed E-state index contributed by atoms with van der Waals surface area (Å²) in [5.74, 6) is 0.924. The van der Waals surface area contributed by atoms with Crippen LogP contribution < -0.4 is 0 Å². The summed E-state index contributed by atoms with van der Waals surface area (Å²) >= 11 is 0. The fourth-order valence-electron chi connectivity index (χ4n) is 4.96. The summed E-state index contributed by atoms with van der Waals surface area (Å²) in [4.78, 5) is 26.4. The molecule has 2 bridgehead atoms. The van der Waals surface area contributed by atoms with Crippen LogP contribution in [-0.2, 0) is 9.59 Å². The molecule has 4 atom stereocenters. The third-order valence-corrected chi connectivity index (χ3v) is 6.61. The van der Waals surface area contributed by atoms with Gasteiger partial charge in [-0.1, -0.05) is 27.4 Å². The van der Waals surface area contributed by atoms with Crippen LogP contribution in [0.2, 0.25) is 0 Å². The molecule has 2 aliphatic carbocycles. The molecule has 0 aliphatic heterocycles. The Morgan fingerprint density at radius 1 is 1.24 bits per heavy atom. The summed E-state index contributed by atoms with van der Waals surface area (Å²) in [7, 11) is 0. The molecule has 0 aromatic heterocycles. The third kappa shape index (κ3) is 2.08. The van der Waals surface area contributed by atoms with E-state index in [2.05, 4.69) is 27.4 Å². The summed E-state index contributed by atoms with van der Waals surface area (Å²) in [6, 6.07) is 0.224. The summed E-state index contributed by atoms with van der Waals surface area (Å²) in [6.07, 6.45) is 1.85. The molecule has 0 spiro atoms. The van der Waals surface area contributed by atoms with Gasteiger partial charge in [-0.3, -0.25) is 9.59 Å². The lowest BCUT2D eigenvalue weighted by Gasteiger charge is -2.44. The van der Waals surface area contributed by atoms with Crippen LogP contribution >= 0.6 is 0 Å². The quantitative estimate of drug-likeness (QED) is 0.744. The molecule has 0 radical (unpaired) electrons. The number of rotatable bonds is 4. The maximum Gasteiger partial charge on any atom is 0.249 e.